The van der Waals surface area contributed by atoms with Gasteiger partial charge in [0, 0.05) is 1.43 Å². The molecule has 1 N–H and O–H groups in total. The van der Waals surface area contributed by atoms with E-state index in [1.807, 2.05) is 6.07 Å². The van der Waals surface area contributed by atoms with Gasteiger partial charge in [-0.05, 0) is 26.3 Å². The van der Waals surface area contributed by atoms with E-state index in [-0.39, 0.29) is 13.0 Å². The molecule has 0 unspecified atom stereocenters. The zero-order valence-corrected chi connectivity index (χ0v) is 11.0. The summed E-state index contributed by atoms with van der Waals surface area (Å²) in [6.45, 7) is 4.47. The first kappa shape index (κ1) is 13.9. The Balaban J connectivity index is 0.00000289. The highest BCUT2D eigenvalue weighted by atomic mass is 32.2. The second-order valence-corrected chi connectivity index (χ2v) is 6.25. The van der Waals surface area contributed by atoms with E-state index in [1.165, 1.54) is 6.92 Å². The van der Waals surface area contributed by atoms with Crippen LogP contribution < -0.4 is 4.72 Å². The van der Waals surface area contributed by atoms with Gasteiger partial charge in [0.1, 0.15) is 5.78 Å². The minimum atomic E-state index is -3.51. The Morgan fingerprint density at radius 3 is 2.29 bits per heavy atom. The van der Waals surface area contributed by atoms with E-state index in [1.54, 1.807) is 38.1 Å². The molecular formula is C12H19NO3S. The molecule has 1 aromatic carbocycles. The molecule has 0 heterocycles. The summed E-state index contributed by atoms with van der Waals surface area (Å²) in [5.41, 5.74) is -0.368. The molecule has 5 heteroatoms. The molecule has 1 rings (SSSR count). The average Bonchev–Trinajstić information content (AvgIpc) is 2.16. The highest BCUT2D eigenvalue weighted by Crippen LogP contribution is 2.10. The largest absolute Gasteiger partial charge is 0.298 e. The quantitative estimate of drug-likeness (QED) is 0.873. The minimum absolute atomic E-state index is 0. The molecule has 0 aromatic heterocycles. The van der Waals surface area contributed by atoms with Crippen LogP contribution in [0.2, 0.25) is 0 Å². The average molecular weight is 257 g/mol. The standard InChI is InChI=1S/C12H17NO3S.H2/c1-10(14)12(2,3)13-17(15,16)9-11-7-5-4-6-8-11;/h4-8,13H,9H2,1-3H3;1H. The van der Waals surface area contributed by atoms with Crippen LogP contribution in [0.3, 0.4) is 0 Å². The highest BCUT2D eigenvalue weighted by Gasteiger charge is 2.29. The summed E-state index contributed by atoms with van der Waals surface area (Å²) in [6, 6.07) is 8.85. The summed E-state index contributed by atoms with van der Waals surface area (Å²) in [6.07, 6.45) is 0. The second-order valence-electron chi connectivity index (χ2n) is 4.53. The van der Waals surface area contributed by atoms with Crippen LogP contribution in [-0.2, 0) is 20.6 Å². The lowest BCUT2D eigenvalue weighted by molar-refractivity contribution is -0.121. The summed E-state index contributed by atoms with van der Waals surface area (Å²) in [4.78, 5) is 11.3. The van der Waals surface area contributed by atoms with Crippen molar-refractivity contribution in [3.63, 3.8) is 0 Å². The molecule has 0 amide bonds. The summed E-state index contributed by atoms with van der Waals surface area (Å²) in [7, 11) is -3.51. The van der Waals surface area contributed by atoms with Gasteiger partial charge in [0.05, 0.1) is 11.3 Å². The van der Waals surface area contributed by atoms with Crippen LogP contribution in [0.25, 0.3) is 0 Å². The lowest BCUT2D eigenvalue weighted by Crippen LogP contribution is -2.48. The molecule has 0 spiro atoms. The van der Waals surface area contributed by atoms with Crippen LogP contribution in [0.4, 0.5) is 0 Å². The van der Waals surface area contributed by atoms with E-state index in [0.717, 1.165) is 0 Å². The number of hydrogen-bond acceptors (Lipinski definition) is 3. The number of carbonyl (C=O) groups is 1. The Hall–Kier alpha value is -1.20. The van der Waals surface area contributed by atoms with E-state index < -0.39 is 15.6 Å². The molecule has 17 heavy (non-hydrogen) atoms. The number of hydrogen-bond donors (Lipinski definition) is 1. The summed E-state index contributed by atoms with van der Waals surface area (Å²) < 4.78 is 26.1. The molecular weight excluding hydrogens is 238 g/mol. The fourth-order valence-electron chi connectivity index (χ4n) is 1.29. The van der Waals surface area contributed by atoms with Gasteiger partial charge >= 0.3 is 0 Å². The van der Waals surface area contributed by atoms with Gasteiger partial charge in [-0.3, -0.25) is 4.79 Å². The van der Waals surface area contributed by atoms with Crippen molar-refractivity contribution in [3.05, 3.63) is 35.9 Å². The van der Waals surface area contributed by atoms with Crippen LogP contribution in [0.5, 0.6) is 0 Å². The molecule has 0 saturated carbocycles. The zero-order valence-electron chi connectivity index (χ0n) is 10.2. The molecule has 4 nitrogen and oxygen atoms in total. The predicted molar refractivity (Wildman–Crippen MR) is 69.1 cm³/mol. The van der Waals surface area contributed by atoms with Gasteiger partial charge in [-0.25, -0.2) is 13.1 Å². The van der Waals surface area contributed by atoms with Crippen molar-refractivity contribution in [3.8, 4) is 0 Å². The van der Waals surface area contributed by atoms with Crippen molar-refractivity contribution in [1.29, 1.82) is 0 Å². The topological polar surface area (TPSA) is 63.2 Å². The number of ketones is 1. The summed E-state index contributed by atoms with van der Waals surface area (Å²) in [5.74, 6) is -0.334. The van der Waals surface area contributed by atoms with Gasteiger partial charge in [-0.15, -0.1) is 0 Å². The van der Waals surface area contributed by atoms with E-state index in [2.05, 4.69) is 4.72 Å². The van der Waals surface area contributed by atoms with Crippen molar-refractivity contribution in [1.82, 2.24) is 4.72 Å². The monoisotopic (exact) mass is 257 g/mol. The van der Waals surface area contributed by atoms with E-state index in [4.69, 9.17) is 0 Å². The van der Waals surface area contributed by atoms with E-state index >= 15 is 0 Å². The zero-order chi connectivity index (χ0) is 13.1. The molecule has 0 radical (unpaired) electrons. The van der Waals surface area contributed by atoms with Crippen molar-refractivity contribution in [2.75, 3.05) is 0 Å². The molecule has 96 valence electrons. The van der Waals surface area contributed by atoms with E-state index in [9.17, 15) is 13.2 Å². The third-order valence-corrected chi connectivity index (χ3v) is 4.03. The highest BCUT2D eigenvalue weighted by molar-refractivity contribution is 7.88. The lowest BCUT2D eigenvalue weighted by atomic mass is 10.0. The third kappa shape index (κ3) is 4.28. The van der Waals surface area contributed by atoms with Crippen LogP contribution >= 0.6 is 0 Å². The Morgan fingerprint density at radius 1 is 1.29 bits per heavy atom. The smallest absolute Gasteiger partial charge is 0.216 e. The first-order valence-corrected chi connectivity index (χ1v) is 6.95. The van der Waals surface area contributed by atoms with Gasteiger partial charge in [0.25, 0.3) is 0 Å². The molecule has 0 bridgehead atoms. The van der Waals surface area contributed by atoms with Crippen molar-refractivity contribution < 1.29 is 14.6 Å². The van der Waals surface area contributed by atoms with Gasteiger partial charge in [0.2, 0.25) is 10.0 Å². The third-order valence-electron chi connectivity index (χ3n) is 2.49. The van der Waals surface area contributed by atoms with Gasteiger partial charge in [0.15, 0.2) is 0 Å². The first-order valence-electron chi connectivity index (χ1n) is 5.29. The van der Waals surface area contributed by atoms with Gasteiger partial charge < -0.3 is 0 Å². The maximum atomic E-state index is 11.9. The number of rotatable bonds is 5. The number of benzene rings is 1. The molecule has 0 aliphatic rings. The predicted octanol–water partition coefficient (Wildman–Crippen LogP) is 1.72. The molecule has 0 fully saturated rings. The van der Waals surface area contributed by atoms with Crippen LogP contribution in [0.1, 0.15) is 27.8 Å². The van der Waals surface area contributed by atoms with E-state index in [0.29, 0.717) is 5.56 Å². The molecule has 0 atom stereocenters. The maximum absolute atomic E-state index is 11.9. The SMILES string of the molecule is CC(=O)C(C)(C)NS(=O)(=O)Cc1ccccc1.[HH]. The lowest BCUT2D eigenvalue weighted by Gasteiger charge is -2.22. The first-order chi connectivity index (χ1) is 7.73. The molecule has 1 aromatic rings. The Labute approximate surface area is 104 Å². The number of Topliss-reactive ketones (excluding diaryl/α,β-unsaturated/α-hetero) is 1. The normalized spacial score (nSPS) is 12.4. The Bertz CT molecular complexity index is 497. The number of nitrogens with one attached hydrogen (secondary N) is 1. The Kier molecular flexibility index (Phi) is 4.06. The minimum Gasteiger partial charge on any atom is -0.298 e. The van der Waals surface area contributed by atoms with Crippen LogP contribution in [-0.4, -0.2) is 19.7 Å². The number of sulfonamides is 1. The fraction of sp³-hybridized carbons (Fsp3) is 0.417. The van der Waals surface area contributed by atoms with Crippen molar-refractivity contribution in [2.24, 2.45) is 0 Å². The fourth-order valence-corrected chi connectivity index (χ4v) is 2.92. The summed E-state index contributed by atoms with van der Waals surface area (Å²) >= 11 is 0. The molecule has 0 saturated heterocycles. The van der Waals surface area contributed by atoms with Gasteiger partial charge in [-0.1, -0.05) is 30.3 Å². The Morgan fingerprint density at radius 2 is 1.82 bits per heavy atom. The number of carbonyl (C=O) groups excluding carboxylic acids is 1. The second kappa shape index (κ2) is 4.98. The van der Waals surface area contributed by atoms with Crippen LogP contribution in [0.15, 0.2) is 30.3 Å². The van der Waals surface area contributed by atoms with Gasteiger partial charge in [-0.2, -0.15) is 0 Å². The summed E-state index contributed by atoms with van der Waals surface area (Å²) in [5, 5.41) is 0. The van der Waals surface area contributed by atoms with Crippen LogP contribution in [0, 0.1) is 0 Å². The molecule has 0 aliphatic carbocycles. The maximum Gasteiger partial charge on any atom is 0.216 e. The van der Waals surface area contributed by atoms with Crippen molar-refractivity contribution in [2.45, 2.75) is 32.1 Å². The molecule has 0 aliphatic heterocycles. The van der Waals surface area contributed by atoms with Crippen molar-refractivity contribution >= 4 is 15.8 Å².